The number of aromatic hydroxyl groups is 1. The Labute approximate surface area is 148 Å². The van der Waals surface area contributed by atoms with Crippen molar-refractivity contribution in [2.75, 3.05) is 0 Å². The number of aryl methyl sites for hydroxylation is 1. The number of hydrogen-bond acceptors (Lipinski definition) is 2. The molecule has 116 valence electrons. The van der Waals surface area contributed by atoms with E-state index in [2.05, 4.69) is 18.8 Å². The van der Waals surface area contributed by atoms with Crippen LogP contribution < -0.4 is 0 Å². The van der Waals surface area contributed by atoms with E-state index in [1.54, 1.807) is 6.21 Å². The van der Waals surface area contributed by atoms with Crippen molar-refractivity contribution >= 4 is 30.5 Å². The quantitative estimate of drug-likeness (QED) is 0.524. The molecule has 2 aromatic carbocycles. The molecule has 5 heteroatoms. The van der Waals surface area contributed by atoms with E-state index in [1.807, 2.05) is 49.4 Å². The topological polar surface area (TPSA) is 32.6 Å². The van der Waals surface area contributed by atoms with Crippen LogP contribution in [-0.2, 0) is 17.0 Å². The van der Waals surface area contributed by atoms with Crippen LogP contribution in [0.3, 0.4) is 0 Å². The Hall–Kier alpha value is -0.796. The fourth-order valence-corrected chi connectivity index (χ4v) is 2.03. The van der Waals surface area contributed by atoms with E-state index in [4.69, 9.17) is 18.6 Å². The Morgan fingerprint density at radius 3 is 2.27 bits per heavy atom. The third kappa shape index (κ3) is 6.14. The summed E-state index contributed by atoms with van der Waals surface area (Å²) < 4.78 is 0. The Bertz CT molecular complexity index is 616. The van der Waals surface area contributed by atoms with E-state index >= 15 is 0 Å². The molecule has 2 rings (SSSR count). The molecule has 0 saturated carbocycles. The van der Waals surface area contributed by atoms with E-state index in [1.165, 1.54) is 0 Å². The molecule has 0 atom stereocenters. The number of phenolic OH excluding ortho intramolecular Hbond substituents is 1. The molecule has 0 bridgehead atoms. The minimum atomic E-state index is -0.556. The zero-order chi connectivity index (χ0) is 16.5. The maximum atomic E-state index is 10.3. The van der Waals surface area contributed by atoms with E-state index in [-0.39, 0.29) is 0 Å². The van der Waals surface area contributed by atoms with Crippen LogP contribution in [0.15, 0.2) is 47.5 Å². The van der Waals surface area contributed by atoms with Crippen LogP contribution in [0.4, 0.5) is 5.69 Å². The summed E-state index contributed by atoms with van der Waals surface area (Å²) in [6, 6.07) is 13.7. The number of aliphatic imine (C=N–C) groups is 1. The number of benzene rings is 2. The average Bonchev–Trinajstić information content (AvgIpc) is 2.49. The normalized spacial score (nSPS) is 10.5. The second-order valence-electron chi connectivity index (χ2n) is 5.11. The summed E-state index contributed by atoms with van der Waals surface area (Å²) >= 11 is -0.556. The first-order chi connectivity index (χ1) is 10.5. The molecule has 0 spiro atoms. The summed E-state index contributed by atoms with van der Waals surface area (Å²) in [7, 11) is 9.78. The van der Waals surface area contributed by atoms with Gasteiger partial charge in [-0.25, -0.2) is 0 Å². The number of halogens is 2. The van der Waals surface area contributed by atoms with Crippen molar-refractivity contribution in [3.8, 4) is 5.75 Å². The van der Waals surface area contributed by atoms with Gasteiger partial charge in [0.05, 0.1) is 5.69 Å². The summed E-state index contributed by atoms with van der Waals surface area (Å²) in [4.78, 5) is 4.39. The molecule has 1 N–H and O–H groups in total. The second kappa shape index (κ2) is 10.1. The Balaban J connectivity index is 0.000000745. The fraction of sp³-hybridized carbons (Fsp3) is 0.235. The van der Waals surface area contributed by atoms with Gasteiger partial charge in [-0.05, 0) is 42.2 Å². The number of para-hydroxylation sites is 1. The zero-order valence-electron chi connectivity index (χ0n) is 12.8. The third-order valence-corrected chi connectivity index (χ3v) is 3.04. The number of rotatable bonds is 3. The van der Waals surface area contributed by atoms with Crippen molar-refractivity contribution < 1.29 is 22.1 Å². The van der Waals surface area contributed by atoms with Crippen LogP contribution in [0.5, 0.6) is 5.75 Å². The summed E-state index contributed by atoms with van der Waals surface area (Å²) in [6.07, 6.45) is 1.73. The average molecular weight is 372 g/mol. The zero-order valence-corrected chi connectivity index (χ0v) is 15.9. The second-order valence-corrected chi connectivity index (χ2v) is 7.69. The summed E-state index contributed by atoms with van der Waals surface area (Å²) in [5.74, 6) is 0.629. The first-order valence-electron chi connectivity index (χ1n) is 6.88. The summed E-state index contributed by atoms with van der Waals surface area (Å²) in [5.41, 5.74) is 3.76. The predicted octanol–water partition coefficient (Wildman–Crippen LogP) is 5.95. The van der Waals surface area contributed by atoms with Crippen LogP contribution >= 0.6 is 18.6 Å². The monoisotopic (exact) mass is 371 g/mol. The van der Waals surface area contributed by atoms with Crippen LogP contribution in [0, 0.1) is 6.92 Å². The van der Waals surface area contributed by atoms with Crippen molar-refractivity contribution in [2.24, 2.45) is 4.99 Å². The van der Waals surface area contributed by atoms with Gasteiger partial charge in [-0.2, -0.15) is 0 Å². The van der Waals surface area contributed by atoms with Crippen molar-refractivity contribution in [3.05, 3.63) is 59.2 Å². The Kier molecular flexibility index (Phi) is 8.81. The first kappa shape index (κ1) is 19.3. The van der Waals surface area contributed by atoms with Crippen LogP contribution in [0.2, 0.25) is 0 Å². The molecule has 0 fully saturated rings. The van der Waals surface area contributed by atoms with Gasteiger partial charge in [-0.1, -0.05) is 38.1 Å². The predicted molar refractivity (Wildman–Crippen MR) is 92.3 cm³/mol. The van der Waals surface area contributed by atoms with E-state index in [0.717, 1.165) is 22.4 Å². The molecule has 0 saturated heterocycles. The Morgan fingerprint density at radius 2 is 1.73 bits per heavy atom. The number of hydrogen-bond donors (Lipinski definition) is 1. The number of nitrogens with zero attached hydrogens (tertiary/aromatic N) is 1. The van der Waals surface area contributed by atoms with Crippen LogP contribution in [-0.4, -0.2) is 11.3 Å². The minimum absolute atomic E-state index is 0.295. The van der Waals surface area contributed by atoms with Gasteiger partial charge in [0.2, 0.25) is 0 Å². The van der Waals surface area contributed by atoms with Crippen LogP contribution in [0.1, 0.15) is 36.5 Å². The standard InChI is InChI=1S/C17H19NO.2ClH.Ti/c1-12(2)16-10-13(3)9-14(17(16)19)11-18-15-7-5-4-6-8-15;;;/h4-12,19H,1-3H3;2*1H;/q;;;+2/p-2. The molecule has 0 unspecified atom stereocenters. The van der Waals surface area contributed by atoms with E-state index in [0.29, 0.717) is 11.7 Å². The van der Waals surface area contributed by atoms with Crippen molar-refractivity contribution in [2.45, 2.75) is 26.7 Å². The van der Waals surface area contributed by atoms with E-state index < -0.39 is 17.0 Å². The summed E-state index contributed by atoms with van der Waals surface area (Å²) in [5, 5.41) is 10.3. The van der Waals surface area contributed by atoms with Gasteiger partial charge in [0.15, 0.2) is 0 Å². The molecule has 22 heavy (non-hydrogen) atoms. The van der Waals surface area contributed by atoms with Gasteiger partial charge >= 0.3 is 35.6 Å². The SMILES string of the molecule is Cc1cc(C=Nc2ccccc2)c(O)c(C(C)C)c1.[Cl][Ti][Cl]. The molecule has 0 heterocycles. The van der Waals surface area contributed by atoms with Gasteiger partial charge in [0, 0.05) is 11.8 Å². The van der Waals surface area contributed by atoms with Crippen LogP contribution in [0.25, 0.3) is 0 Å². The Morgan fingerprint density at radius 1 is 1.14 bits per heavy atom. The van der Waals surface area contributed by atoms with E-state index in [9.17, 15) is 5.11 Å². The fourth-order valence-electron chi connectivity index (χ4n) is 2.03. The van der Waals surface area contributed by atoms with Gasteiger partial charge < -0.3 is 5.11 Å². The molecule has 0 aliphatic rings. The molecular formula is C17H19Cl2NOTi. The molecule has 0 aromatic heterocycles. The van der Waals surface area contributed by atoms with Crippen molar-refractivity contribution in [1.29, 1.82) is 0 Å². The van der Waals surface area contributed by atoms with Gasteiger partial charge in [0.1, 0.15) is 5.75 Å². The molecule has 2 aromatic rings. The van der Waals surface area contributed by atoms with Crippen molar-refractivity contribution in [3.63, 3.8) is 0 Å². The molecular weight excluding hydrogens is 353 g/mol. The molecule has 0 aliphatic heterocycles. The third-order valence-electron chi connectivity index (χ3n) is 3.04. The molecule has 0 aliphatic carbocycles. The first-order valence-corrected chi connectivity index (χ1v) is 11.2. The maximum absolute atomic E-state index is 10.3. The van der Waals surface area contributed by atoms with Crippen molar-refractivity contribution in [1.82, 2.24) is 0 Å². The summed E-state index contributed by atoms with van der Waals surface area (Å²) in [6.45, 7) is 6.18. The van der Waals surface area contributed by atoms with Gasteiger partial charge in [0.25, 0.3) is 0 Å². The molecule has 0 amide bonds. The number of phenols is 1. The van der Waals surface area contributed by atoms with Gasteiger partial charge in [-0.15, -0.1) is 0 Å². The van der Waals surface area contributed by atoms with Gasteiger partial charge in [-0.3, -0.25) is 4.99 Å². The molecule has 2 nitrogen and oxygen atoms in total. The molecule has 0 radical (unpaired) electrons.